The predicted molar refractivity (Wildman–Crippen MR) is 61.4 cm³/mol. The Morgan fingerprint density at radius 1 is 1.47 bits per heavy atom. The van der Waals surface area contributed by atoms with Gasteiger partial charge in [-0.3, -0.25) is 4.79 Å². The summed E-state index contributed by atoms with van der Waals surface area (Å²) in [7, 11) is 0. The first-order chi connectivity index (χ1) is 7.11. The molecule has 0 saturated heterocycles. The maximum Gasteiger partial charge on any atom is 0.251 e. The zero-order valence-corrected chi connectivity index (χ0v) is 9.64. The molecule has 1 aliphatic heterocycles. The monoisotopic (exact) mass is 223 g/mol. The maximum atomic E-state index is 11.6. The quantitative estimate of drug-likeness (QED) is 0.780. The van der Waals surface area contributed by atoms with Gasteiger partial charge in [-0.05, 0) is 23.6 Å². The number of carbonyl (C=O) groups excluding carboxylic acids is 1. The molecule has 1 heterocycles. The van der Waals surface area contributed by atoms with Crippen LogP contribution in [0.1, 0.15) is 35.7 Å². The summed E-state index contributed by atoms with van der Waals surface area (Å²) in [6.07, 6.45) is 0. The van der Waals surface area contributed by atoms with E-state index in [4.69, 9.17) is 11.6 Å². The highest BCUT2D eigenvalue weighted by atomic mass is 35.5. The molecule has 2 rings (SSSR count). The molecule has 0 fully saturated rings. The zero-order chi connectivity index (χ0) is 11.0. The number of nitrogens with one attached hydrogen (secondary N) is 1. The van der Waals surface area contributed by atoms with Gasteiger partial charge in [0.05, 0.1) is 0 Å². The molecule has 1 atom stereocenters. The molecular formula is C12H14ClNO. The van der Waals surface area contributed by atoms with Crippen LogP contribution in [0.4, 0.5) is 0 Å². The van der Waals surface area contributed by atoms with E-state index >= 15 is 0 Å². The molecule has 0 saturated carbocycles. The summed E-state index contributed by atoms with van der Waals surface area (Å²) in [5.74, 6) is 0.792. The van der Waals surface area contributed by atoms with E-state index < -0.39 is 0 Å². The lowest BCUT2D eigenvalue weighted by atomic mass is 9.83. The fourth-order valence-corrected chi connectivity index (χ4v) is 2.40. The highest BCUT2D eigenvalue weighted by Crippen LogP contribution is 2.34. The lowest BCUT2D eigenvalue weighted by Gasteiger charge is -2.29. The Kier molecular flexibility index (Phi) is 2.70. The number of carbonyl (C=O) groups is 1. The van der Waals surface area contributed by atoms with Crippen molar-refractivity contribution in [1.82, 2.24) is 5.32 Å². The number of benzene rings is 1. The summed E-state index contributed by atoms with van der Waals surface area (Å²) in [5, 5.41) is 3.61. The summed E-state index contributed by atoms with van der Waals surface area (Å²) in [6, 6.07) is 5.52. The molecule has 15 heavy (non-hydrogen) atoms. The van der Waals surface area contributed by atoms with Crippen LogP contribution in [0.15, 0.2) is 18.2 Å². The molecule has 1 N–H and O–H groups in total. The van der Waals surface area contributed by atoms with Crippen LogP contribution in [-0.4, -0.2) is 12.5 Å². The van der Waals surface area contributed by atoms with Crippen molar-refractivity contribution in [3.05, 3.63) is 34.3 Å². The first-order valence-corrected chi connectivity index (χ1v) is 5.55. The Morgan fingerprint density at radius 3 is 2.87 bits per heavy atom. The summed E-state index contributed by atoms with van der Waals surface area (Å²) in [4.78, 5) is 11.6. The third-order valence-corrected chi connectivity index (χ3v) is 3.29. The van der Waals surface area contributed by atoms with E-state index in [1.54, 1.807) is 0 Å². The Hall–Kier alpha value is -1.02. The normalized spacial score (nSPS) is 20.0. The van der Waals surface area contributed by atoms with E-state index in [9.17, 15) is 4.79 Å². The van der Waals surface area contributed by atoms with Crippen molar-refractivity contribution in [2.24, 2.45) is 5.92 Å². The molecule has 0 bridgehead atoms. The molecule has 2 nitrogen and oxygen atoms in total. The Balaban J connectivity index is 2.56. The van der Waals surface area contributed by atoms with E-state index in [0.29, 0.717) is 23.4 Å². The molecule has 1 aliphatic rings. The van der Waals surface area contributed by atoms with Crippen molar-refractivity contribution in [3.8, 4) is 0 Å². The second-order valence-electron chi connectivity index (χ2n) is 4.26. The zero-order valence-electron chi connectivity index (χ0n) is 8.88. The fraction of sp³-hybridized carbons (Fsp3) is 0.417. The van der Waals surface area contributed by atoms with E-state index in [0.717, 1.165) is 11.1 Å². The van der Waals surface area contributed by atoms with Crippen LogP contribution >= 0.6 is 11.6 Å². The highest BCUT2D eigenvalue weighted by Gasteiger charge is 2.28. The standard InChI is InChI=1S/C12H14ClNO/c1-7(2)9-6-14-12(15)8-4-3-5-10(13)11(8)9/h3-5,7,9H,6H2,1-2H3,(H,14,15). The van der Waals surface area contributed by atoms with Gasteiger partial charge in [0.15, 0.2) is 0 Å². The summed E-state index contributed by atoms with van der Waals surface area (Å²) in [5.41, 5.74) is 1.74. The molecule has 0 aromatic heterocycles. The molecule has 0 spiro atoms. The van der Waals surface area contributed by atoms with Crippen LogP contribution in [-0.2, 0) is 0 Å². The van der Waals surface area contributed by atoms with Gasteiger partial charge in [0, 0.05) is 23.0 Å². The van der Waals surface area contributed by atoms with Crippen LogP contribution in [0, 0.1) is 5.92 Å². The van der Waals surface area contributed by atoms with E-state index in [2.05, 4.69) is 19.2 Å². The van der Waals surface area contributed by atoms with Gasteiger partial charge in [0.25, 0.3) is 5.91 Å². The topological polar surface area (TPSA) is 29.1 Å². The van der Waals surface area contributed by atoms with Gasteiger partial charge in [0.1, 0.15) is 0 Å². The number of rotatable bonds is 1. The van der Waals surface area contributed by atoms with Gasteiger partial charge in [-0.15, -0.1) is 0 Å². The van der Waals surface area contributed by atoms with Crippen molar-refractivity contribution >= 4 is 17.5 Å². The Labute approximate surface area is 94.6 Å². The number of fused-ring (bicyclic) bond motifs is 1. The summed E-state index contributed by atoms with van der Waals surface area (Å²) < 4.78 is 0. The number of hydrogen-bond donors (Lipinski definition) is 1. The predicted octanol–water partition coefficient (Wildman–Crippen LogP) is 2.82. The van der Waals surface area contributed by atoms with Gasteiger partial charge in [0.2, 0.25) is 0 Å². The molecule has 0 aliphatic carbocycles. The maximum absolute atomic E-state index is 11.6. The smallest absolute Gasteiger partial charge is 0.251 e. The van der Waals surface area contributed by atoms with Crippen LogP contribution in [0.2, 0.25) is 5.02 Å². The van der Waals surface area contributed by atoms with Crippen LogP contribution in [0.25, 0.3) is 0 Å². The second kappa shape index (κ2) is 3.86. The Bertz CT molecular complexity index is 401. The van der Waals surface area contributed by atoms with Crippen LogP contribution in [0.3, 0.4) is 0 Å². The van der Waals surface area contributed by atoms with E-state index in [1.807, 2.05) is 18.2 Å². The van der Waals surface area contributed by atoms with Gasteiger partial charge >= 0.3 is 0 Å². The SMILES string of the molecule is CC(C)C1CNC(=O)c2cccc(Cl)c21. The minimum Gasteiger partial charge on any atom is -0.351 e. The molecular weight excluding hydrogens is 210 g/mol. The van der Waals surface area contributed by atoms with Gasteiger partial charge < -0.3 is 5.32 Å². The van der Waals surface area contributed by atoms with Crippen molar-refractivity contribution in [1.29, 1.82) is 0 Å². The average Bonchev–Trinajstić information content (AvgIpc) is 2.19. The summed E-state index contributed by atoms with van der Waals surface area (Å²) >= 11 is 6.17. The molecule has 1 amide bonds. The molecule has 1 aromatic rings. The van der Waals surface area contributed by atoms with Crippen molar-refractivity contribution in [2.75, 3.05) is 6.54 Å². The van der Waals surface area contributed by atoms with Gasteiger partial charge in [-0.2, -0.15) is 0 Å². The van der Waals surface area contributed by atoms with Gasteiger partial charge in [-0.25, -0.2) is 0 Å². The van der Waals surface area contributed by atoms with Crippen molar-refractivity contribution in [3.63, 3.8) is 0 Å². The fourth-order valence-electron chi connectivity index (χ4n) is 2.08. The summed E-state index contributed by atoms with van der Waals surface area (Å²) in [6.45, 7) is 4.98. The molecule has 1 unspecified atom stereocenters. The molecule has 0 radical (unpaired) electrons. The van der Waals surface area contributed by atoms with E-state index in [1.165, 1.54) is 0 Å². The first-order valence-electron chi connectivity index (χ1n) is 5.18. The average molecular weight is 224 g/mol. The number of halogens is 1. The molecule has 1 aromatic carbocycles. The first kappa shape index (κ1) is 10.5. The third kappa shape index (κ3) is 1.74. The number of hydrogen-bond acceptors (Lipinski definition) is 1. The van der Waals surface area contributed by atoms with E-state index in [-0.39, 0.29) is 5.91 Å². The largest absolute Gasteiger partial charge is 0.351 e. The van der Waals surface area contributed by atoms with Crippen molar-refractivity contribution < 1.29 is 4.79 Å². The second-order valence-corrected chi connectivity index (χ2v) is 4.67. The lowest BCUT2D eigenvalue weighted by molar-refractivity contribution is 0.0936. The molecule has 3 heteroatoms. The lowest BCUT2D eigenvalue weighted by Crippen LogP contribution is -2.37. The minimum absolute atomic E-state index is 0.00981. The molecule has 80 valence electrons. The van der Waals surface area contributed by atoms with Crippen molar-refractivity contribution in [2.45, 2.75) is 19.8 Å². The van der Waals surface area contributed by atoms with Crippen LogP contribution in [0.5, 0.6) is 0 Å². The van der Waals surface area contributed by atoms with Crippen LogP contribution < -0.4 is 5.32 Å². The highest BCUT2D eigenvalue weighted by molar-refractivity contribution is 6.32. The van der Waals surface area contributed by atoms with Gasteiger partial charge in [-0.1, -0.05) is 31.5 Å². The third-order valence-electron chi connectivity index (χ3n) is 2.96. The Morgan fingerprint density at radius 2 is 2.20 bits per heavy atom. The minimum atomic E-state index is -0.00981. The number of amides is 1.